The molecule has 1 saturated carbocycles. The Balaban J connectivity index is 1.64. The number of ether oxygens (including phenoxy) is 1. The Bertz CT molecular complexity index is 1170. The summed E-state index contributed by atoms with van der Waals surface area (Å²) < 4.78 is 6.03. The zero-order chi connectivity index (χ0) is 28.4. The Morgan fingerprint density at radius 2 is 1.65 bits per heavy atom. The van der Waals surface area contributed by atoms with Crippen molar-refractivity contribution in [3.8, 4) is 5.75 Å². The number of carbonyl (C=O) groups is 3. The molecular weight excluding hydrogens is 504 g/mol. The van der Waals surface area contributed by atoms with Gasteiger partial charge in [-0.25, -0.2) is 0 Å². The number of fused-ring (bicyclic) bond motifs is 1. The van der Waals surface area contributed by atoms with Gasteiger partial charge in [0.25, 0.3) is 0 Å². The third-order valence-electron chi connectivity index (χ3n) is 7.69. The van der Waals surface area contributed by atoms with Gasteiger partial charge in [0.2, 0.25) is 17.7 Å². The Morgan fingerprint density at radius 1 is 0.925 bits per heavy atom. The molecule has 0 aromatic heterocycles. The standard InChI is InChI=1S/C32H42N4O4/c1-23(2)28-30(38)36-32(17-9-4-10-18-32)31(39)35-26(22-24-12-5-3-6-13-24)29(37)34-19-11-15-25-14-7-8-16-27(25)40-21-20-33-28/h3,5-8,11-16,23,26,28,33H,4,9-10,17-22H2,1-2H3,(H,34,37)(H,35,39)(H,36,38)/b15-11-/t26-,28-/m0/s1. The minimum absolute atomic E-state index is 0.00104. The Hall–Kier alpha value is -3.65. The Morgan fingerprint density at radius 3 is 2.40 bits per heavy atom. The van der Waals surface area contributed by atoms with Gasteiger partial charge in [-0.15, -0.1) is 0 Å². The van der Waals surface area contributed by atoms with Gasteiger partial charge in [0.05, 0.1) is 6.04 Å². The Kier molecular flexibility index (Phi) is 10.4. The van der Waals surface area contributed by atoms with Crippen LogP contribution < -0.4 is 26.0 Å². The van der Waals surface area contributed by atoms with E-state index in [9.17, 15) is 14.4 Å². The highest BCUT2D eigenvalue weighted by Crippen LogP contribution is 2.29. The fourth-order valence-electron chi connectivity index (χ4n) is 5.46. The van der Waals surface area contributed by atoms with E-state index in [1.807, 2.05) is 80.6 Å². The first kappa shape index (κ1) is 29.3. The minimum atomic E-state index is -1.06. The second-order valence-corrected chi connectivity index (χ2v) is 11.1. The fraction of sp³-hybridized carbons (Fsp3) is 0.469. The lowest BCUT2D eigenvalue weighted by molar-refractivity contribution is -0.138. The molecule has 214 valence electrons. The molecule has 1 aliphatic carbocycles. The van der Waals surface area contributed by atoms with Crippen molar-refractivity contribution in [1.29, 1.82) is 0 Å². The molecule has 2 atom stereocenters. The summed E-state index contributed by atoms with van der Waals surface area (Å²) in [5.41, 5.74) is 0.780. The quantitative estimate of drug-likeness (QED) is 0.472. The molecule has 2 aromatic rings. The maximum Gasteiger partial charge on any atom is 0.246 e. The molecule has 1 heterocycles. The summed E-state index contributed by atoms with van der Waals surface area (Å²) >= 11 is 0. The van der Waals surface area contributed by atoms with Gasteiger partial charge in [-0.05, 0) is 30.4 Å². The lowest BCUT2D eigenvalue weighted by Crippen LogP contribution is -2.65. The van der Waals surface area contributed by atoms with Gasteiger partial charge < -0.3 is 26.0 Å². The van der Waals surface area contributed by atoms with E-state index in [1.54, 1.807) is 0 Å². The average Bonchev–Trinajstić information content (AvgIpc) is 2.95. The lowest BCUT2D eigenvalue weighted by Gasteiger charge is -2.39. The smallest absolute Gasteiger partial charge is 0.246 e. The highest BCUT2D eigenvalue weighted by Gasteiger charge is 2.43. The van der Waals surface area contributed by atoms with Gasteiger partial charge in [0.15, 0.2) is 0 Å². The minimum Gasteiger partial charge on any atom is -0.492 e. The zero-order valence-corrected chi connectivity index (χ0v) is 23.6. The van der Waals surface area contributed by atoms with Crippen LogP contribution in [0.15, 0.2) is 60.7 Å². The van der Waals surface area contributed by atoms with Crippen molar-refractivity contribution in [2.75, 3.05) is 19.7 Å². The summed E-state index contributed by atoms with van der Waals surface area (Å²) in [6, 6.07) is 16.1. The zero-order valence-electron chi connectivity index (χ0n) is 23.6. The molecule has 2 aliphatic rings. The molecule has 0 unspecified atom stereocenters. The predicted octanol–water partition coefficient (Wildman–Crippen LogP) is 3.37. The number of nitrogens with one attached hydrogen (secondary N) is 4. The molecular formula is C32H42N4O4. The summed E-state index contributed by atoms with van der Waals surface area (Å²) in [4.78, 5) is 40.9. The van der Waals surface area contributed by atoms with E-state index in [0.29, 0.717) is 39.0 Å². The van der Waals surface area contributed by atoms with E-state index in [1.165, 1.54) is 0 Å². The maximum atomic E-state index is 13.9. The van der Waals surface area contributed by atoms with Crippen LogP contribution in [-0.4, -0.2) is 55.0 Å². The highest BCUT2D eigenvalue weighted by atomic mass is 16.5. The summed E-state index contributed by atoms with van der Waals surface area (Å²) in [5.74, 6) is -0.0461. The number of para-hydroxylation sites is 1. The van der Waals surface area contributed by atoms with E-state index in [4.69, 9.17) is 4.74 Å². The van der Waals surface area contributed by atoms with Crippen molar-refractivity contribution in [1.82, 2.24) is 21.3 Å². The molecule has 1 spiro atoms. The summed E-state index contributed by atoms with van der Waals surface area (Å²) in [7, 11) is 0. The van der Waals surface area contributed by atoms with Crippen LogP contribution in [-0.2, 0) is 20.8 Å². The summed E-state index contributed by atoms with van der Waals surface area (Å²) in [6.07, 6.45) is 7.89. The first-order chi connectivity index (χ1) is 19.4. The van der Waals surface area contributed by atoms with Crippen LogP contribution in [0.5, 0.6) is 5.75 Å². The predicted molar refractivity (Wildman–Crippen MR) is 157 cm³/mol. The number of rotatable bonds is 3. The van der Waals surface area contributed by atoms with Gasteiger partial charge in [-0.3, -0.25) is 14.4 Å². The summed E-state index contributed by atoms with van der Waals surface area (Å²) in [5, 5.41) is 12.5. The van der Waals surface area contributed by atoms with Gasteiger partial charge in [0.1, 0.15) is 23.9 Å². The van der Waals surface area contributed by atoms with Crippen LogP contribution in [0.4, 0.5) is 0 Å². The molecule has 4 N–H and O–H groups in total. The van der Waals surface area contributed by atoms with E-state index in [2.05, 4.69) is 21.3 Å². The van der Waals surface area contributed by atoms with Crippen molar-refractivity contribution in [3.05, 3.63) is 71.8 Å². The number of benzene rings is 2. The third-order valence-corrected chi connectivity index (χ3v) is 7.69. The fourth-order valence-corrected chi connectivity index (χ4v) is 5.46. The van der Waals surface area contributed by atoms with Crippen molar-refractivity contribution in [3.63, 3.8) is 0 Å². The van der Waals surface area contributed by atoms with Crippen LogP contribution in [0.25, 0.3) is 6.08 Å². The molecule has 0 radical (unpaired) electrons. The molecule has 40 heavy (non-hydrogen) atoms. The SMILES string of the molecule is CC(C)[C@@H]1NCCOc2ccccc2/C=C\CNC(=O)[C@H](Cc2ccccc2)NC(=O)C2(CCCCC2)NC1=O. The van der Waals surface area contributed by atoms with Crippen molar-refractivity contribution < 1.29 is 19.1 Å². The van der Waals surface area contributed by atoms with Crippen LogP contribution in [0.3, 0.4) is 0 Å². The number of hydrogen-bond donors (Lipinski definition) is 4. The van der Waals surface area contributed by atoms with Gasteiger partial charge in [0, 0.05) is 25.1 Å². The monoisotopic (exact) mass is 546 g/mol. The van der Waals surface area contributed by atoms with Crippen molar-refractivity contribution in [2.24, 2.45) is 5.92 Å². The Labute approximate surface area is 237 Å². The number of amides is 3. The molecule has 0 saturated heterocycles. The first-order valence-electron chi connectivity index (χ1n) is 14.4. The van der Waals surface area contributed by atoms with Gasteiger partial charge in [-0.1, -0.05) is 93.8 Å². The molecule has 8 nitrogen and oxygen atoms in total. The van der Waals surface area contributed by atoms with E-state index in [0.717, 1.165) is 36.1 Å². The molecule has 0 bridgehead atoms. The maximum absolute atomic E-state index is 13.9. The topological polar surface area (TPSA) is 109 Å². The van der Waals surface area contributed by atoms with E-state index >= 15 is 0 Å². The van der Waals surface area contributed by atoms with Crippen LogP contribution >= 0.6 is 0 Å². The molecule has 3 amide bonds. The second-order valence-electron chi connectivity index (χ2n) is 11.1. The molecule has 1 fully saturated rings. The summed E-state index contributed by atoms with van der Waals surface area (Å²) in [6.45, 7) is 5.12. The number of hydrogen-bond acceptors (Lipinski definition) is 5. The van der Waals surface area contributed by atoms with Crippen molar-refractivity contribution in [2.45, 2.75) is 70.0 Å². The normalized spacial score (nSPS) is 23.5. The van der Waals surface area contributed by atoms with E-state index < -0.39 is 17.6 Å². The molecule has 1 aliphatic heterocycles. The lowest BCUT2D eigenvalue weighted by atomic mass is 9.80. The van der Waals surface area contributed by atoms with Crippen molar-refractivity contribution >= 4 is 23.8 Å². The average molecular weight is 547 g/mol. The molecule has 4 rings (SSSR count). The molecule has 2 aromatic carbocycles. The molecule has 8 heteroatoms. The van der Waals surface area contributed by atoms with Crippen LogP contribution in [0, 0.1) is 5.92 Å². The van der Waals surface area contributed by atoms with Gasteiger partial charge in [-0.2, -0.15) is 0 Å². The highest BCUT2D eigenvalue weighted by molar-refractivity contribution is 5.96. The van der Waals surface area contributed by atoms with Gasteiger partial charge >= 0.3 is 0 Å². The second kappa shape index (κ2) is 14.1. The number of carbonyl (C=O) groups excluding carboxylic acids is 3. The van der Waals surface area contributed by atoms with E-state index in [-0.39, 0.29) is 23.6 Å². The third kappa shape index (κ3) is 7.72. The first-order valence-corrected chi connectivity index (χ1v) is 14.4. The van der Waals surface area contributed by atoms with Crippen LogP contribution in [0.1, 0.15) is 57.1 Å². The van der Waals surface area contributed by atoms with Crippen LogP contribution in [0.2, 0.25) is 0 Å². The largest absolute Gasteiger partial charge is 0.492 e.